The highest BCUT2D eigenvalue weighted by Crippen LogP contribution is 2.21. The smallest absolute Gasteiger partial charge is 0.269 e. The Hall–Kier alpha value is -2.95. The maximum atomic E-state index is 10.7. The molecule has 3 rings (SSSR count). The summed E-state index contributed by atoms with van der Waals surface area (Å²) in [5.74, 6) is 0.710. The third-order valence-electron chi connectivity index (χ3n) is 3.10. The van der Waals surface area contributed by atoms with Crippen molar-refractivity contribution in [3.63, 3.8) is 0 Å². The van der Waals surface area contributed by atoms with Gasteiger partial charge in [0, 0.05) is 23.7 Å². The zero-order valence-electron chi connectivity index (χ0n) is 11.1. The minimum Gasteiger partial charge on any atom is -0.489 e. The number of fused-ring (bicyclic) bond motifs is 1. The third kappa shape index (κ3) is 2.97. The van der Waals surface area contributed by atoms with E-state index in [1.807, 2.05) is 30.3 Å². The minimum atomic E-state index is -0.412. The number of nitro benzene ring substituents is 1. The van der Waals surface area contributed by atoms with E-state index >= 15 is 0 Å². The third-order valence-corrected chi connectivity index (χ3v) is 3.10. The maximum Gasteiger partial charge on any atom is 0.269 e. The molecule has 0 saturated carbocycles. The number of nitrogens with zero attached hydrogens (tertiary/aromatic N) is 2. The fraction of sp³-hybridized carbons (Fsp3) is 0.0625. The Balaban J connectivity index is 1.77. The number of aromatic nitrogens is 1. The Labute approximate surface area is 121 Å². The summed E-state index contributed by atoms with van der Waals surface area (Å²) >= 11 is 0. The largest absolute Gasteiger partial charge is 0.489 e. The van der Waals surface area contributed by atoms with Crippen molar-refractivity contribution < 1.29 is 9.66 Å². The van der Waals surface area contributed by atoms with Crippen LogP contribution in [0.2, 0.25) is 0 Å². The van der Waals surface area contributed by atoms with Crippen LogP contribution in [0, 0.1) is 10.1 Å². The normalized spacial score (nSPS) is 10.5. The average molecular weight is 280 g/mol. The molecule has 3 aromatic rings. The van der Waals surface area contributed by atoms with E-state index in [4.69, 9.17) is 4.74 Å². The van der Waals surface area contributed by atoms with Gasteiger partial charge in [-0.1, -0.05) is 18.2 Å². The molecule has 0 saturated heterocycles. The lowest BCUT2D eigenvalue weighted by molar-refractivity contribution is -0.384. The molecule has 0 spiro atoms. The van der Waals surface area contributed by atoms with E-state index in [0.29, 0.717) is 5.75 Å². The van der Waals surface area contributed by atoms with Crippen LogP contribution in [0.4, 0.5) is 5.69 Å². The van der Waals surface area contributed by atoms with E-state index in [0.717, 1.165) is 16.5 Å². The SMILES string of the molecule is O=[N+]([O-])c1cccc(COc2ccc3ncccc3c2)c1. The van der Waals surface area contributed by atoms with E-state index < -0.39 is 4.92 Å². The van der Waals surface area contributed by atoms with Gasteiger partial charge in [0.25, 0.3) is 5.69 Å². The van der Waals surface area contributed by atoms with Crippen molar-refractivity contribution in [3.8, 4) is 5.75 Å². The lowest BCUT2D eigenvalue weighted by Gasteiger charge is -2.07. The van der Waals surface area contributed by atoms with Gasteiger partial charge in [0.15, 0.2) is 0 Å². The molecule has 0 atom stereocenters. The molecule has 0 aliphatic rings. The van der Waals surface area contributed by atoms with Crippen LogP contribution in [0.15, 0.2) is 60.8 Å². The number of benzene rings is 2. The summed E-state index contributed by atoms with van der Waals surface area (Å²) in [6.45, 7) is 0.285. The van der Waals surface area contributed by atoms with E-state index in [-0.39, 0.29) is 12.3 Å². The van der Waals surface area contributed by atoms with Crippen LogP contribution in [0.25, 0.3) is 10.9 Å². The van der Waals surface area contributed by atoms with Gasteiger partial charge in [0.05, 0.1) is 10.4 Å². The van der Waals surface area contributed by atoms with Crippen molar-refractivity contribution in [1.29, 1.82) is 0 Å². The second-order valence-electron chi connectivity index (χ2n) is 4.57. The highest BCUT2D eigenvalue weighted by atomic mass is 16.6. The standard InChI is InChI=1S/C16H12N2O3/c19-18(20)14-5-1-3-12(9-14)11-21-15-6-7-16-13(10-15)4-2-8-17-16/h1-10H,11H2. The number of rotatable bonds is 4. The van der Waals surface area contributed by atoms with Crippen LogP contribution in [0.5, 0.6) is 5.75 Å². The van der Waals surface area contributed by atoms with E-state index in [1.165, 1.54) is 12.1 Å². The Morgan fingerprint density at radius 1 is 1.10 bits per heavy atom. The average Bonchev–Trinajstić information content (AvgIpc) is 2.53. The van der Waals surface area contributed by atoms with Gasteiger partial charge in [0.1, 0.15) is 12.4 Å². The van der Waals surface area contributed by atoms with Gasteiger partial charge in [-0.05, 0) is 29.8 Å². The molecule has 0 aliphatic carbocycles. The first-order valence-corrected chi connectivity index (χ1v) is 6.43. The Bertz CT molecular complexity index is 802. The molecule has 21 heavy (non-hydrogen) atoms. The van der Waals surface area contributed by atoms with Gasteiger partial charge in [-0.3, -0.25) is 15.1 Å². The van der Waals surface area contributed by atoms with Gasteiger partial charge >= 0.3 is 0 Å². The first-order chi connectivity index (χ1) is 10.2. The molecular formula is C16H12N2O3. The lowest BCUT2D eigenvalue weighted by atomic mass is 10.2. The van der Waals surface area contributed by atoms with E-state index in [9.17, 15) is 10.1 Å². The van der Waals surface area contributed by atoms with Crippen LogP contribution in [0.1, 0.15) is 5.56 Å². The lowest BCUT2D eigenvalue weighted by Crippen LogP contribution is -1.97. The zero-order chi connectivity index (χ0) is 14.7. The summed E-state index contributed by atoms with van der Waals surface area (Å²) in [4.78, 5) is 14.6. The Kier molecular flexibility index (Phi) is 3.47. The van der Waals surface area contributed by atoms with Crippen LogP contribution in [0.3, 0.4) is 0 Å². The second-order valence-corrected chi connectivity index (χ2v) is 4.57. The molecule has 2 aromatic carbocycles. The molecule has 0 bridgehead atoms. The maximum absolute atomic E-state index is 10.7. The molecule has 104 valence electrons. The van der Waals surface area contributed by atoms with Crippen molar-refractivity contribution in [2.45, 2.75) is 6.61 Å². The fourth-order valence-electron chi connectivity index (χ4n) is 2.07. The van der Waals surface area contributed by atoms with Crippen molar-refractivity contribution in [2.75, 3.05) is 0 Å². The molecule has 0 N–H and O–H groups in total. The van der Waals surface area contributed by atoms with Gasteiger partial charge in [-0.2, -0.15) is 0 Å². The summed E-state index contributed by atoms with van der Waals surface area (Å²) < 4.78 is 5.68. The van der Waals surface area contributed by atoms with Gasteiger partial charge in [0.2, 0.25) is 0 Å². The van der Waals surface area contributed by atoms with E-state index in [1.54, 1.807) is 18.3 Å². The van der Waals surface area contributed by atoms with E-state index in [2.05, 4.69) is 4.98 Å². The zero-order valence-corrected chi connectivity index (χ0v) is 11.1. The molecule has 1 heterocycles. The summed E-state index contributed by atoms with van der Waals surface area (Å²) in [6, 6.07) is 15.9. The number of hydrogen-bond acceptors (Lipinski definition) is 4. The molecule has 1 aromatic heterocycles. The summed E-state index contributed by atoms with van der Waals surface area (Å²) in [5, 5.41) is 11.7. The highest BCUT2D eigenvalue weighted by Gasteiger charge is 2.06. The van der Waals surface area contributed by atoms with Crippen LogP contribution >= 0.6 is 0 Å². The number of non-ortho nitro benzene ring substituents is 1. The van der Waals surface area contributed by atoms with Gasteiger partial charge < -0.3 is 4.74 Å². The number of hydrogen-bond donors (Lipinski definition) is 0. The summed E-state index contributed by atoms with van der Waals surface area (Å²) in [7, 11) is 0. The van der Waals surface area contributed by atoms with Crippen molar-refractivity contribution >= 4 is 16.6 Å². The van der Waals surface area contributed by atoms with Crippen LogP contribution in [-0.2, 0) is 6.61 Å². The number of ether oxygens (including phenoxy) is 1. The minimum absolute atomic E-state index is 0.0683. The topological polar surface area (TPSA) is 65.3 Å². The molecule has 0 amide bonds. The highest BCUT2D eigenvalue weighted by molar-refractivity contribution is 5.79. The molecule has 5 heteroatoms. The summed E-state index contributed by atoms with van der Waals surface area (Å²) in [5.41, 5.74) is 1.73. The quantitative estimate of drug-likeness (QED) is 0.539. The molecule has 0 radical (unpaired) electrons. The first kappa shape index (κ1) is 13.1. The van der Waals surface area contributed by atoms with Gasteiger partial charge in [-0.15, -0.1) is 0 Å². The van der Waals surface area contributed by atoms with Crippen molar-refractivity contribution in [3.05, 3.63) is 76.5 Å². The van der Waals surface area contributed by atoms with Gasteiger partial charge in [-0.25, -0.2) is 0 Å². The number of nitro groups is 1. The first-order valence-electron chi connectivity index (χ1n) is 6.43. The van der Waals surface area contributed by atoms with Crippen LogP contribution in [-0.4, -0.2) is 9.91 Å². The molecule has 5 nitrogen and oxygen atoms in total. The van der Waals surface area contributed by atoms with Crippen molar-refractivity contribution in [1.82, 2.24) is 4.98 Å². The monoisotopic (exact) mass is 280 g/mol. The van der Waals surface area contributed by atoms with Crippen molar-refractivity contribution in [2.24, 2.45) is 0 Å². The molecule has 0 aliphatic heterocycles. The van der Waals surface area contributed by atoms with Crippen LogP contribution < -0.4 is 4.74 Å². The fourth-order valence-corrected chi connectivity index (χ4v) is 2.07. The Morgan fingerprint density at radius 2 is 2.00 bits per heavy atom. The number of pyridine rings is 1. The molecule has 0 unspecified atom stereocenters. The molecule has 0 fully saturated rings. The predicted molar refractivity (Wildman–Crippen MR) is 79.2 cm³/mol. The summed E-state index contributed by atoms with van der Waals surface area (Å²) in [6.07, 6.45) is 1.74. The Morgan fingerprint density at radius 3 is 2.86 bits per heavy atom. The second kappa shape index (κ2) is 5.58. The molecular weight excluding hydrogens is 268 g/mol. The predicted octanol–water partition coefficient (Wildman–Crippen LogP) is 3.72.